The van der Waals surface area contributed by atoms with Gasteiger partial charge in [-0.3, -0.25) is 0 Å². The lowest BCUT2D eigenvalue weighted by Crippen LogP contribution is -2.50. The Balaban J connectivity index is 2.44. The van der Waals surface area contributed by atoms with Gasteiger partial charge in [0.15, 0.2) is 0 Å². The molecule has 82 valence electrons. The largest absolute Gasteiger partial charge is 0.393 e. The molecular weight excluding hydrogens is 217 g/mol. The lowest BCUT2D eigenvalue weighted by atomic mass is 9.62. The van der Waals surface area contributed by atoms with Gasteiger partial charge in [0.25, 0.3) is 0 Å². The Hall–Kier alpha value is -0.640. The van der Waals surface area contributed by atoms with Crippen LogP contribution in [0, 0.1) is 5.82 Å². The van der Waals surface area contributed by atoms with Crippen molar-refractivity contribution in [2.45, 2.75) is 24.4 Å². The maximum Gasteiger partial charge on any atom is 0.128 e. The molecule has 1 aliphatic carbocycles. The Morgan fingerprint density at radius 1 is 1.53 bits per heavy atom. The molecule has 0 amide bonds. The molecular formula is C11H13ClFNO. The summed E-state index contributed by atoms with van der Waals surface area (Å²) in [6.07, 6.45) is 0.595. The molecule has 4 heteroatoms. The number of hydrogen-bond acceptors (Lipinski definition) is 2. The van der Waals surface area contributed by atoms with Crippen molar-refractivity contribution in [1.29, 1.82) is 0 Å². The molecule has 0 bridgehead atoms. The highest BCUT2D eigenvalue weighted by Gasteiger charge is 2.46. The van der Waals surface area contributed by atoms with Crippen LogP contribution < -0.4 is 5.73 Å². The first kappa shape index (κ1) is 10.9. The summed E-state index contributed by atoms with van der Waals surface area (Å²) in [5.74, 6) is -0.333. The van der Waals surface area contributed by atoms with Gasteiger partial charge in [0, 0.05) is 22.5 Å². The van der Waals surface area contributed by atoms with Gasteiger partial charge in [-0.2, -0.15) is 0 Å². The SMILES string of the molecule is NCC1(c2c(F)cccc2Cl)CC(O)C1. The number of rotatable bonds is 2. The van der Waals surface area contributed by atoms with Crippen LogP contribution in [0.2, 0.25) is 5.02 Å². The third-order valence-electron chi connectivity index (χ3n) is 3.14. The van der Waals surface area contributed by atoms with Crippen LogP contribution >= 0.6 is 11.6 Å². The molecule has 0 saturated heterocycles. The van der Waals surface area contributed by atoms with E-state index in [1.54, 1.807) is 12.1 Å². The monoisotopic (exact) mass is 229 g/mol. The van der Waals surface area contributed by atoms with Gasteiger partial charge >= 0.3 is 0 Å². The van der Waals surface area contributed by atoms with Crippen LogP contribution in [0.5, 0.6) is 0 Å². The molecule has 1 saturated carbocycles. The number of nitrogens with two attached hydrogens (primary N) is 1. The zero-order valence-electron chi connectivity index (χ0n) is 8.21. The van der Waals surface area contributed by atoms with Crippen molar-refractivity contribution in [3.8, 4) is 0 Å². The zero-order valence-corrected chi connectivity index (χ0v) is 8.97. The Morgan fingerprint density at radius 2 is 2.20 bits per heavy atom. The average molecular weight is 230 g/mol. The number of aliphatic hydroxyl groups excluding tert-OH is 1. The molecule has 1 aromatic carbocycles. The maximum atomic E-state index is 13.7. The normalized spacial score (nSPS) is 30.0. The fraction of sp³-hybridized carbons (Fsp3) is 0.455. The van der Waals surface area contributed by atoms with E-state index in [1.807, 2.05) is 0 Å². The molecule has 0 heterocycles. The fourth-order valence-corrected chi connectivity index (χ4v) is 2.68. The second-order valence-corrected chi connectivity index (χ2v) is 4.55. The minimum atomic E-state index is -0.470. The summed E-state index contributed by atoms with van der Waals surface area (Å²) >= 11 is 5.98. The molecule has 0 aliphatic heterocycles. The van der Waals surface area contributed by atoms with Gasteiger partial charge in [-0.15, -0.1) is 0 Å². The van der Waals surface area contributed by atoms with E-state index >= 15 is 0 Å². The molecule has 0 radical (unpaired) electrons. The minimum absolute atomic E-state index is 0.310. The van der Waals surface area contributed by atoms with Gasteiger partial charge < -0.3 is 10.8 Å². The van der Waals surface area contributed by atoms with E-state index in [-0.39, 0.29) is 11.9 Å². The highest BCUT2D eigenvalue weighted by molar-refractivity contribution is 6.31. The topological polar surface area (TPSA) is 46.2 Å². The Morgan fingerprint density at radius 3 is 2.67 bits per heavy atom. The predicted octanol–water partition coefficient (Wildman–Crippen LogP) is 1.83. The molecule has 0 atom stereocenters. The first-order chi connectivity index (χ1) is 7.09. The molecule has 1 aliphatic rings. The molecule has 0 aromatic heterocycles. The summed E-state index contributed by atoms with van der Waals surface area (Å²) in [5, 5.41) is 9.73. The summed E-state index contributed by atoms with van der Waals surface area (Å²) in [5.41, 5.74) is 5.65. The summed E-state index contributed by atoms with van der Waals surface area (Å²) in [6.45, 7) is 0.310. The van der Waals surface area contributed by atoms with Crippen LogP contribution in [0.3, 0.4) is 0 Å². The average Bonchev–Trinajstić information content (AvgIpc) is 2.14. The van der Waals surface area contributed by atoms with Gasteiger partial charge in [-0.1, -0.05) is 17.7 Å². The van der Waals surface area contributed by atoms with E-state index in [9.17, 15) is 9.50 Å². The van der Waals surface area contributed by atoms with Gasteiger partial charge in [0.05, 0.1) is 6.10 Å². The number of aliphatic hydroxyl groups is 1. The maximum absolute atomic E-state index is 13.7. The second-order valence-electron chi connectivity index (χ2n) is 4.14. The molecule has 0 spiro atoms. The van der Waals surface area contributed by atoms with Crippen molar-refractivity contribution in [2.75, 3.05) is 6.54 Å². The molecule has 15 heavy (non-hydrogen) atoms. The standard InChI is InChI=1S/C11H13ClFNO/c12-8-2-1-3-9(13)10(8)11(6-14)4-7(15)5-11/h1-3,7,15H,4-6,14H2. The van der Waals surface area contributed by atoms with E-state index in [1.165, 1.54) is 6.07 Å². The lowest BCUT2D eigenvalue weighted by Gasteiger charge is -2.45. The van der Waals surface area contributed by atoms with Crippen LogP contribution in [-0.2, 0) is 5.41 Å². The number of benzene rings is 1. The number of halogens is 2. The van der Waals surface area contributed by atoms with Crippen molar-refractivity contribution in [3.05, 3.63) is 34.6 Å². The number of hydrogen-bond donors (Lipinski definition) is 2. The van der Waals surface area contributed by atoms with Gasteiger partial charge in [0.1, 0.15) is 5.82 Å². The summed E-state index contributed by atoms with van der Waals surface area (Å²) < 4.78 is 13.7. The third kappa shape index (κ3) is 1.65. The van der Waals surface area contributed by atoms with Crippen LogP contribution in [0.1, 0.15) is 18.4 Å². The molecule has 2 nitrogen and oxygen atoms in total. The Kier molecular flexibility index (Phi) is 2.71. The van der Waals surface area contributed by atoms with E-state index in [0.29, 0.717) is 30.0 Å². The van der Waals surface area contributed by atoms with Gasteiger partial charge in [-0.05, 0) is 25.0 Å². The van der Waals surface area contributed by atoms with Crippen molar-refractivity contribution in [1.82, 2.24) is 0 Å². The highest BCUT2D eigenvalue weighted by atomic mass is 35.5. The quantitative estimate of drug-likeness (QED) is 0.813. The first-order valence-corrected chi connectivity index (χ1v) is 5.29. The van der Waals surface area contributed by atoms with Crippen molar-refractivity contribution in [3.63, 3.8) is 0 Å². The van der Waals surface area contributed by atoms with Crippen LogP contribution in [0.15, 0.2) is 18.2 Å². The summed E-state index contributed by atoms with van der Waals surface area (Å²) in [4.78, 5) is 0. The Bertz CT molecular complexity index is 357. The molecule has 1 aromatic rings. The summed E-state index contributed by atoms with van der Waals surface area (Å²) in [7, 11) is 0. The molecule has 1 fully saturated rings. The van der Waals surface area contributed by atoms with Crippen molar-refractivity contribution < 1.29 is 9.50 Å². The van der Waals surface area contributed by atoms with Gasteiger partial charge in [0.2, 0.25) is 0 Å². The van der Waals surface area contributed by atoms with Gasteiger partial charge in [-0.25, -0.2) is 4.39 Å². The van der Waals surface area contributed by atoms with Crippen molar-refractivity contribution in [2.24, 2.45) is 5.73 Å². The molecule has 0 unspecified atom stereocenters. The Labute approximate surface area is 92.9 Å². The van der Waals surface area contributed by atoms with E-state index in [4.69, 9.17) is 17.3 Å². The summed E-state index contributed by atoms with van der Waals surface area (Å²) in [6, 6.07) is 4.60. The van der Waals surface area contributed by atoms with E-state index in [2.05, 4.69) is 0 Å². The van der Waals surface area contributed by atoms with E-state index in [0.717, 1.165) is 0 Å². The first-order valence-electron chi connectivity index (χ1n) is 4.92. The smallest absolute Gasteiger partial charge is 0.128 e. The molecule has 2 rings (SSSR count). The zero-order chi connectivity index (χ0) is 11.1. The van der Waals surface area contributed by atoms with Crippen molar-refractivity contribution >= 4 is 11.6 Å². The fourth-order valence-electron chi connectivity index (χ4n) is 2.32. The lowest BCUT2D eigenvalue weighted by molar-refractivity contribution is 0.0206. The minimum Gasteiger partial charge on any atom is -0.393 e. The van der Waals surface area contributed by atoms with Crippen LogP contribution in [0.4, 0.5) is 4.39 Å². The second kappa shape index (κ2) is 3.74. The third-order valence-corrected chi connectivity index (χ3v) is 3.45. The van der Waals surface area contributed by atoms with Crippen LogP contribution in [-0.4, -0.2) is 17.8 Å². The van der Waals surface area contributed by atoms with E-state index < -0.39 is 5.41 Å². The molecule has 3 N–H and O–H groups in total. The highest BCUT2D eigenvalue weighted by Crippen LogP contribution is 2.46. The van der Waals surface area contributed by atoms with Crippen LogP contribution in [0.25, 0.3) is 0 Å². The predicted molar refractivity (Wildman–Crippen MR) is 57.4 cm³/mol.